The van der Waals surface area contributed by atoms with Crippen LogP contribution in [0.2, 0.25) is 0 Å². The minimum atomic E-state index is 1.23. The fourth-order valence-electron chi connectivity index (χ4n) is 7.03. The fourth-order valence-corrected chi connectivity index (χ4v) is 7.03. The van der Waals surface area contributed by atoms with Crippen LogP contribution in [0.25, 0.3) is 86.3 Å². The molecule has 196 valence electrons. The van der Waals surface area contributed by atoms with Crippen molar-refractivity contribution in [3.05, 3.63) is 139 Å². The molecule has 0 amide bonds. The number of hydrogen-bond acceptors (Lipinski definition) is 0. The van der Waals surface area contributed by atoms with Crippen molar-refractivity contribution in [3.63, 3.8) is 0 Å². The number of rotatable bonds is 0. The third kappa shape index (κ3) is 3.47. The molecule has 0 aliphatic heterocycles. The number of benzene rings is 7. The van der Waals surface area contributed by atoms with Crippen molar-refractivity contribution in [3.8, 4) is 0 Å². The third-order valence-corrected chi connectivity index (χ3v) is 9.27. The van der Waals surface area contributed by atoms with Gasteiger partial charge in [-0.1, -0.05) is 84.9 Å². The smallest absolute Gasteiger partial charge is 0.200 e. The Morgan fingerprint density at radius 1 is 0.357 bits per heavy atom. The second-order valence-electron chi connectivity index (χ2n) is 11.8. The molecular formula is C41H28N+. The first kappa shape index (κ1) is 23.4. The van der Waals surface area contributed by atoms with Crippen LogP contribution in [0.1, 0.15) is 5.56 Å². The molecule has 0 aliphatic carbocycles. The van der Waals surface area contributed by atoms with E-state index in [1.54, 1.807) is 0 Å². The van der Waals surface area contributed by atoms with Gasteiger partial charge in [0.15, 0.2) is 6.20 Å². The Morgan fingerprint density at radius 3 is 1.36 bits per heavy atom. The Labute approximate surface area is 243 Å². The van der Waals surface area contributed by atoms with Gasteiger partial charge < -0.3 is 0 Å². The summed E-state index contributed by atoms with van der Waals surface area (Å²) in [5.74, 6) is 0. The summed E-state index contributed by atoms with van der Waals surface area (Å²) in [6.07, 6.45) is 2.28. The summed E-state index contributed by atoms with van der Waals surface area (Å²) in [6, 6.07) is 48.0. The maximum Gasteiger partial charge on any atom is 0.213 e. The highest BCUT2D eigenvalue weighted by molar-refractivity contribution is 6.15. The summed E-state index contributed by atoms with van der Waals surface area (Å²) in [6.45, 7) is 2.24. The first-order chi connectivity index (χ1) is 20.6. The zero-order valence-corrected chi connectivity index (χ0v) is 23.6. The molecule has 0 unspecified atom stereocenters. The lowest BCUT2D eigenvalue weighted by Crippen LogP contribution is -2.28. The minimum Gasteiger partial charge on any atom is -0.200 e. The highest BCUT2D eigenvalue weighted by Gasteiger charge is 2.13. The van der Waals surface area contributed by atoms with E-state index in [2.05, 4.69) is 152 Å². The van der Waals surface area contributed by atoms with E-state index in [0.717, 1.165) is 0 Å². The molecular weight excluding hydrogens is 506 g/mol. The van der Waals surface area contributed by atoms with Crippen LogP contribution < -0.4 is 4.57 Å². The van der Waals surface area contributed by atoms with Gasteiger partial charge in [0.2, 0.25) is 5.52 Å². The predicted molar refractivity (Wildman–Crippen MR) is 181 cm³/mol. The summed E-state index contributed by atoms with van der Waals surface area (Å²) in [5.41, 5.74) is 2.51. The average Bonchev–Trinajstić information content (AvgIpc) is 3.03. The van der Waals surface area contributed by atoms with E-state index >= 15 is 0 Å². The SMILES string of the molecule is Cc1cc2ccc3ccc4cc3c2cc1c1cc2c(ccc3ccc(cc32)c2cccc(c2)c2cccc4c2)c[n+]1C. The monoisotopic (exact) mass is 534 g/mol. The summed E-state index contributed by atoms with van der Waals surface area (Å²) < 4.78 is 2.29. The van der Waals surface area contributed by atoms with Gasteiger partial charge in [-0.2, -0.15) is 0 Å². The van der Waals surface area contributed by atoms with E-state index in [9.17, 15) is 0 Å². The van der Waals surface area contributed by atoms with Crippen LogP contribution in [0.3, 0.4) is 0 Å². The lowest BCUT2D eigenvalue weighted by atomic mass is 9.95. The maximum absolute atomic E-state index is 2.42. The summed E-state index contributed by atoms with van der Waals surface area (Å²) in [5, 5.41) is 18.9. The quantitative estimate of drug-likeness (QED) is 0.135. The lowest BCUT2D eigenvalue weighted by molar-refractivity contribution is -0.643. The van der Waals surface area contributed by atoms with Gasteiger partial charge in [-0.25, -0.2) is 4.57 Å². The Bertz CT molecular complexity index is 2460. The molecule has 1 aromatic heterocycles. The molecule has 0 aliphatic rings. The molecule has 1 nitrogen and oxygen atoms in total. The van der Waals surface area contributed by atoms with Crippen LogP contribution in [0.4, 0.5) is 0 Å². The van der Waals surface area contributed by atoms with Crippen LogP contribution in [0.5, 0.6) is 0 Å². The molecule has 0 radical (unpaired) electrons. The van der Waals surface area contributed by atoms with Gasteiger partial charge in [-0.3, -0.25) is 0 Å². The summed E-state index contributed by atoms with van der Waals surface area (Å²) in [4.78, 5) is 0. The molecule has 12 bridgehead atoms. The molecule has 9 rings (SSSR count). The fraction of sp³-hybridized carbons (Fsp3) is 0.0488. The molecule has 0 spiro atoms. The molecule has 1 heteroatoms. The Hall–Kier alpha value is -5.27. The molecule has 0 N–H and O–H groups in total. The van der Waals surface area contributed by atoms with Gasteiger partial charge in [0.05, 0.1) is 0 Å². The normalized spacial score (nSPS) is 12.0. The molecule has 0 saturated carbocycles. The third-order valence-electron chi connectivity index (χ3n) is 9.27. The number of nitrogens with zero attached hydrogens (tertiary/aromatic N) is 1. The Morgan fingerprint density at radius 2 is 0.786 bits per heavy atom. The van der Waals surface area contributed by atoms with Gasteiger partial charge >= 0.3 is 0 Å². The maximum atomic E-state index is 2.42. The number of aromatic nitrogens is 1. The van der Waals surface area contributed by atoms with Crippen molar-refractivity contribution >= 4 is 86.3 Å². The number of hydrogen-bond donors (Lipinski definition) is 0. The highest BCUT2D eigenvalue weighted by atomic mass is 14.9. The van der Waals surface area contributed by atoms with Crippen molar-refractivity contribution in [2.75, 3.05) is 0 Å². The minimum absolute atomic E-state index is 1.23. The highest BCUT2D eigenvalue weighted by Crippen LogP contribution is 2.34. The topological polar surface area (TPSA) is 3.88 Å². The van der Waals surface area contributed by atoms with Gasteiger partial charge in [0.1, 0.15) is 7.05 Å². The van der Waals surface area contributed by atoms with E-state index in [0.29, 0.717) is 0 Å². The zero-order valence-electron chi connectivity index (χ0n) is 23.6. The molecule has 1 heterocycles. The van der Waals surface area contributed by atoms with E-state index in [4.69, 9.17) is 0 Å². The van der Waals surface area contributed by atoms with Crippen LogP contribution in [0, 0.1) is 6.92 Å². The summed E-state index contributed by atoms with van der Waals surface area (Å²) >= 11 is 0. The van der Waals surface area contributed by atoms with Crippen LogP contribution >= 0.6 is 0 Å². The molecule has 0 saturated heterocycles. The van der Waals surface area contributed by atoms with Crippen molar-refractivity contribution < 1.29 is 4.57 Å². The van der Waals surface area contributed by atoms with E-state index in [-0.39, 0.29) is 0 Å². The van der Waals surface area contributed by atoms with Crippen LogP contribution in [0.15, 0.2) is 134 Å². The van der Waals surface area contributed by atoms with Crippen molar-refractivity contribution in [2.24, 2.45) is 7.05 Å². The zero-order chi connectivity index (χ0) is 27.9. The molecule has 0 atom stereocenters. The van der Waals surface area contributed by atoms with Gasteiger partial charge in [0, 0.05) is 22.2 Å². The standard InChI is InChI=1S/C41H28N/c1-25-17-34-15-11-26-9-13-32-20-37(26)39(34)22-36(25)41-23-40-35(24-42(41)2)16-12-27-10-14-33(21-38(27)40)31-8-4-6-29(19-31)28-5-3-7-30(32)18-28/h3-24H,1-2H3/q+1. The van der Waals surface area contributed by atoms with Gasteiger partial charge in [-0.05, 0) is 114 Å². The van der Waals surface area contributed by atoms with Crippen molar-refractivity contribution in [1.82, 2.24) is 0 Å². The molecule has 0 fully saturated rings. The van der Waals surface area contributed by atoms with Gasteiger partial charge in [-0.15, -0.1) is 0 Å². The molecule has 42 heavy (non-hydrogen) atoms. The van der Waals surface area contributed by atoms with E-state index in [1.807, 2.05) is 0 Å². The largest absolute Gasteiger partial charge is 0.213 e. The molecule has 9 aromatic rings. The summed E-state index contributed by atoms with van der Waals surface area (Å²) in [7, 11) is 2.17. The second-order valence-corrected chi connectivity index (χ2v) is 11.8. The van der Waals surface area contributed by atoms with E-state index < -0.39 is 0 Å². The average molecular weight is 535 g/mol. The predicted octanol–water partition coefficient (Wildman–Crippen LogP) is 10.6. The first-order valence-electron chi connectivity index (χ1n) is 14.6. The first-order valence-corrected chi connectivity index (χ1v) is 14.6. The van der Waals surface area contributed by atoms with Crippen LogP contribution in [-0.4, -0.2) is 0 Å². The van der Waals surface area contributed by atoms with Crippen LogP contribution in [-0.2, 0) is 7.05 Å². The second kappa shape index (κ2) is 8.61. The lowest BCUT2D eigenvalue weighted by Gasteiger charge is -2.09. The number of pyridine rings is 1. The molecule has 8 aromatic carbocycles. The number of aryl methyl sites for hydroxylation is 2. The number of fused-ring (bicyclic) bond motifs is 12. The Balaban J connectivity index is 1.58. The van der Waals surface area contributed by atoms with Gasteiger partial charge in [0.25, 0.3) is 0 Å². The van der Waals surface area contributed by atoms with Crippen molar-refractivity contribution in [1.29, 1.82) is 0 Å². The van der Waals surface area contributed by atoms with Crippen molar-refractivity contribution in [2.45, 2.75) is 6.92 Å². The van der Waals surface area contributed by atoms with E-state index in [1.165, 1.54) is 91.9 Å². The Kier molecular flexibility index (Phi) is 4.81.